The summed E-state index contributed by atoms with van der Waals surface area (Å²) in [6.45, 7) is 0. The summed E-state index contributed by atoms with van der Waals surface area (Å²) in [4.78, 5) is 12.9. The largest absolute Gasteiger partial charge is 0.508 e. The summed E-state index contributed by atoms with van der Waals surface area (Å²) in [5.74, 6) is -1.11. The molecule has 0 aliphatic heterocycles. The fourth-order valence-corrected chi connectivity index (χ4v) is 2.69. The predicted octanol–water partition coefficient (Wildman–Crippen LogP) is 2.60. The number of phenols is 3. The molecule has 0 saturated carbocycles. The smallest absolute Gasteiger partial charge is 0.239 e. The van der Waals surface area contributed by atoms with E-state index in [2.05, 4.69) is 0 Å². The molecular weight excluding hydrogens is 344 g/mol. The average Bonchev–Trinajstić information content (AvgIpc) is 2.63. The number of fused-ring (bicyclic) bond motifs is 1. The Morgan fingerprint density at radius 1 is 0.923 bits per heavy atom. The van der Waals surface area contributed by atoms with Crippen molar-refractivity contribution in [2.75, 3.05) is 21.3 Å². The van der Waals surface area contributed by atoms with Crippen molar-refractivity contribution in [1.29, 1.82) is 0 Å². The van der Waals surface area contributed by atoms with Gasteiger partial charge >= 0.3 is 0 Å². The molecule has 1 heterocycles. The van der Waals surface area contributed by atoms with Gasteiger partial charge in [-0.15, -0.1) is 0 Å². The number of benzene rings is 2. The summed E-state index contributed by atoms with van der Waals surface area (Å²) in [5, 5.41) is 29.9. The summed E-state index contributed by atoms with van der Waals surface area (Å²) in [6.07, 6.45) is 0. The Kier molecular flexibility index (Phi) is 4.25. The molecule has 136 valence electrons. The fourth-order valence-electron chi connectivity index (χ4n) is 2.69. The van der Waals surface area contributed by atoms with E-state index in [1.807, 2.05) is 0 Å². The van der Waals surface area contributed by atoms with Crippen LogP contribution in [0.2, 0.25) is 0 Å². The van der Waals surface area contributed by atoms with Gasteiger partial charge in [-0.25, -0.2) is 0 Å². The van der Waals surface area contributed by atoms with E-state index in [9.17, 15) is 20.1 Å². The average molecular weight is 360 g/mol. The van der Waals surface area contributed by atoms with Crippen LogP contribution in [-0.4, -0.2) is 36.6 Å². The number of ether oxygens (including phenoxy) is 3. The molecule has 8 nitrogen and oxygen atoms in total. The van der Waals surface area contributed by atoms with Gasteiger partial charge in [0.25, 0.3) is 0 Å². The molecule has 0 aliphatic rings. The van der Waals surface area contributed by atoms with E-state index in [1.165, 1.54) is 45.6 Å². The third-order valence-electron chi connectivity index (χ3n) is 3.89. The molecular formula is C18H16O8. The van der Waals surface area contributed by atoms with Crippen molar-refractivity contribution in [2.24, 2.45) is 0 Å². The summed E-state index contributed by atoms with van der Waals surface area (Å²) in [5.41, 5.74) is -0.520. The Morgan fingerprint density at radius 3 is 2.23 bits per heavy atom. The summed E-state index contributed by atoms with van der Waals surface area (Å²) in [6, 6.07) is 5.09. The van der Waals surface area contributed by atoms with Crippen LogP contribution in [-0.2, 0) is 0 Å². The van der Waals surface area contributed by atoms with Crippen LogP contribution in [0, 0.1) is 0 Å². The number of hydrogen-bond donors (Lipinski definition) is 3. The minimum atomic E-state index is -0.624. The van der Waals surface area contributed by atoms with E-state index in [-0.39, 0.29) is 56.8 Å². The number of rotatable bonds is 4. The minimum absolute atomic E-state index is 0.0359. The van der Waals surface area contributed by atoms with Gasteiger partial charge in [-0.05, 0) is 18.2 Å². The molecule has 3 aromatic rings. The molecule has 2 aromatic carbocycles. The van der Waals surface area contributed by atoms with Crippen LogP contribution in [0.3, 0.4) is 0 Å². The zero-order valence-corrected chi connectivity index (χ0v) is 14.2. The number of aromatic hydroxyl groups is 3. The summed E-state index contributed by atoms with van der Waals surface area (Å²) < 4.78 is 21.1. The van der Waals surface area contributed by atoms with E-state index in [4.69, 9.17) is 18.6 Å². The first-order valence-corrected chi connectivity index (χ1v) is 7.44. The molecule has 26 heavy (non-hydrogen) atoms. The van der Waals surface area contributed by atoms with Gasteiger partial charge < -0.3 is 33.9 Å². The number of phenolic OH excluding ortho intramolecular Hbond substituents is 3. The lowest BCUT2D eigenvalue weighted by molar-refractivity contribution is 0.341. The molecule has 0 fully saturated rings. The SMILES string of the molecule is COc1cc2oc(-c3cc(O)ccc3O)c(OC)c(=O)c2c(OC)c1O. The van der Waals surface area contributed by atoms with Gasteiger partial charge in [-0.2, -0.15) is 0 Å². The molecule has 0 radical (unpaired) electrons. The number of methoxy groups -OCH3 is 3. The first kappa shape index (κ1) is 17.3. The third-order valence-corrected chi connectivity index (χ3v) is 3.89. The highest BCUT2D eigenvalue weighted by Crippen LogP contribution is 2.44. The predicted molar refractivity (Wildman–Crippen MR) is 92.6 cm³/mol. The van der Waals surface area contributed by atoms with E-state index in [0.717, 1.165) is 0 Å². The maximum Gasteiger partial charge on any atom is 0.239 e. The highest BCUT2D eigenvalue weighted by atomic mass is 16.5. The number of hydrogen-bond acceptors (Lipinski definition) is 8. The standard InChI is InChI=1S/C18H16O8/c1-23-12-7-11-13(17(24-2)14(12)21)15(22)18(25-3)16(26-11)9-6-8(19)4-5-10(9)20/h4-7,19-21H,1-3H3. The summed E-state index contributed by atoms with van der Waals surface area (Å²) in [7, 11) is 3.88. The van der Waals surface area contributed by atoms with Crippen LogP contribution in [0.15, 0.2) is 33.5 Å². The van der Waals surface area contributed by atoms with Crippen molar-refractivity contribution < 1.29 is 33.9 Å². The summed E-state index contributed by atoms with van der Waals surface area (Å²) >= 11 is 0. The van der Waals surface area contributed by atoms with Crippen molar-refractivity contribution in [2.45, 2.75) is 0 Å². The lowest BCUT2D eigenvalue weighted by atomic mass is 10.1. The van der Waals surface area contributed by atoms with Crippen LogP contribution in [0.25, 0.3) is 22.3 Å². The van der Waals surface area contributed by atoms with E-state index >= 15 is 0 Å². The lowest BCUT2D eigenvalue weighted by Gasteiger charge is -2.14. The van der Waals surface area contributed by atoms with Gasteiger partial charge in [0.1, 0.15) is 22.5 Å². The van der Waals surface area contributed by atoms with Crippen LogP contribution >= 0.6 is 0 Å². The van der Waals surface area contributed by atoms with Gasteiger partial charge in [0.2, 0.25) is 16.9 Å². The Morgan fingerprint density at radius 2 is 1.62 bits per heavy atom. The van der Waals surface area contributed by atoms with Gasteiger partial charge in [0, 0.05) is 6.07 Å². The molecule has 0 spiro atoms. The monoisotopic (exact) mass is 360 g/mol. The normalized spacial score (nSPS) is 10.7. The van der Waals surface area contributed by atoms with Gasteiger partial charge in [-0.3, -0.25) is 4.79 Å². The lowest BCUT2D eigenvalue weighted by Crippen LogP contribution is -2.09. The van der Waals surface area contributed by atoms with Crippen molar-refractivity contribution in [3.8, 4) is 45.8 Å². The molecule has 0 aliphatic carbocycles. The van der Waals surface area contributed by atoms with Crippen molar-refractivity contribution in [3.63, 3.8) is 0 Å². The van der Waals surface area contributed by atoms with Crippen molar-refractivity contribution in [3.05, 3.63) is 34.5 Å². The second kappa shape index (κ2) is 6.40. The third kappa shape index (κ3) is 2.52. The molecule has 0 atom stereocenters. The van der Waals surface area contributed by atoms with Gasteiger partial charge in [0.05, 0.1) is 26.9 Å². The van der Waals surface area contributed by atoms with Crippen LogP contribution in [0.1, 0.15) is 0 Å². The van der Waals surface area contributed by atoms with Crippen LogP contribution in [0.5, 0.6) is 34.5 Å². The van der Waals surface area contributed by atoms with Gasteiger partial charge in [0.15, 0.2) is 17.3 Å². The van der Waals surface area contributed by atoms with Crippen molar-refractivity contribution in [1.82, 2.24) is 0 Å². The van der Waals surface area contributed by atoms with E-state index in [0.29, 0.717) is 0 Å². The zero-order valence-electron chi connectivity index (χ0n) is 14.2. The Labute approximate surface area is 147 Å². The van der Waals surface area contributed by atoms with E-state index < -0.39 is 5.43 Å². The van der Waals surface area contributed by atoms with Crippen LogP contribution in [0.4, 0.5) is 0 Å². The Hall–Kier alpha value is -3.55. The van der Waals surface area contributed by atoms with Crippen molar-refractivity contribution >= 4 is 11.0 Å². The molecule has 8 heteroatoms. The highest BCUT2D eigenvalue weighted by Gasteiger charge is 2.25. The second-order valence-electron chi connectivity index (χ2n) is 5.33. The maximum atomic E-state index is 12.9. The first-order valence-electron chi connectivity index (χ1n) is 7.44. The Balaban J connectivity index is 2.48. The maximum absolute atomic E-state index is 12.9. The second-order valence-corrected chi connectivity index (χ2v) is 5.33. The molecule has 0 saturated heterocycles. The van der Waals surface area contributed by atoms with Crippen LogP contribution < -0.4 is 19.6 Å². The topological polar surface area (TPSA) is 119 Å². The minimum Gasteiger partial charge on any atom is -0.508 e. The quantitative estimate of drug-likeness (QED) is 0.608. The molecule has 0 unspecified atom stereocenters. The first-order chi connectivity index (χ1) is 12.4. The molecule has 0 amide bonds. The van der Waals surface area contributed by atoms with E-state index in [1.54, 1.807) is 0 Å². The highest BCUT2D eigenvalue weighted by molar-refractivity contribution is 5.92. The zero-order chi connectivity index (χ0) is 19.0. The molecule has 0 bridgehead atoms. The van der Waals surface area contributed by atoms with Gasteiger partial charge in [-0.1, -0.05) is 0 Å². The fraction of sp³-hybridized carbons (Fsp3) is 0.167. The Bertz CT molecular complexity index is 1050. The molecule has 1 aromatic heterocycles. The molecule has 3 rings (SSSR count). The molecule has 3 N–H and O–H groups in total.